The molecule has 2 fully saturated rings. The fourth-order valence-electron chi connectivity index (χ4n) is 4.51. The van der Waals surface area contributed by atoms with E-state index in [1.807, 2.05) is 0 Å². The Morgan fingerprint density at radius 1 is 1.33 bits per heavy atom. The molecule has 3 rings (SSSR count). The number of benzene rings is 1. The van der Waals surface area contributed by atoms with Crippen molar-refractivity contribution in [2.75, 3.05) is 32.7 Å². The third-order valence-electron chi connectivity index (χ3n) is 5.93. The number of rotatable bonds is 4. The first-order valence-electron chi connectivity index (χ1n) is 9.98. The molecule has 0 radical (unpaired) electrons. The van der Waals surface area contributed by atoms with Crippen molar-refractivity contribution in [1.82, 2.24) is 9.80 Å². The van der Waals surface area contributed by atoms with Crippen LogP contribution < -0.4 is 0 Å². The highest BCUT2D eigenvalue weighted by molar-refractivity contribution is 5.94. The fourth-order valence-corrected chi connectivity index (χ4v) is 4.51. The van der Waals surface area contributed by atoms with E-state index in [0.29, 0.717) is 18.7 Å². The van der Waals surface area contributed by atoms with Crippen molar-refractivity contribution in [3.05, 3.63) is 47.3 Å². The molecule has 0 aliphatic carbocycles. The first-order chi connectivity index (χ1) is 12.9. The van der Waals surface area contributed by atoms with Crippen LogP contribution >= 0.6 is 0 Å². The molecule has 0 saturated carbocycles. The van der Waals surface area contributed by atoms with E-state index in [-0.39, 0.29) is 17.4 Å². The molecule has 0 unspecified atom stereocenters. The Morgan fingerprint density at radius 2 is 2.15 bits per heavy atom. The number of hydrogen-bond acceptors (Lipinski definition) is 3. The van der Waals surface area contributed by atoms with E-state index in [9.17, 15) is 14.3 Å². The summed E-state index contributed by atoms with van der Waals surface area (Å²) in [6, 6.07) is 5.88. The second-order valence-corrected chi connectivity index (χ2v) is 8.35. The van der Waals surface area contributed by atoms with Crippen LogP contribution in [0.5, 0.6) is 0 Å². The van der Waals surface area contributed by atoms with Crippen molar-refractivity contribution in [3.63, 3.8) is 0 Å². The molecular formula is C22H31FN2O2. The number of aliphatic hydroxyl groups is 1. The molecule has 2 atom stereocenters. The van der Waals surface area contributed by atoms with Gasteiger partial charge in [0.1, 0.15) is 5.82 Å². The van der Waals surface area contributed by atoms with Crippen molar-refractivity contribution < 1.29 is 14.3 Å². The van der Waals surface area contributed by atoms with Crippen molar-refractivity contribution in [3.8, 4) is 0 Å². The maximum Gasteiger partial charge on any atom is 0.253 e. The van der Waals surface area contributed by atoms with Gasteiger partial charge in [-0.3, -0.25) is 4.79 Å². The SMILES string of the molecule is CC(C)=CCCN1CC[C@@H](O)[C@]2(CCCN(C(=O)c3cccc(F)c3)C2)C1. The number of halogens is 1. The minimum Gasteiger partial charge on any atom is -0.392 e. The fraction of sp³-hybridized carbons (Fsp3) is 0.591. The summed E-state index contributed by atoms with van der Waals surface area (Å²) in [5.41, 5.74) is 1.44. The number of hydrogen-bond donors (Lipinski definition) is 1. The summed E-state index contributed by atoms with van der Waals surface area (Å²) in [6.45, 7) is 8.13. The van der Waals surface area contributed by atoms with Gasteiger partial charge in [-0.2, -0.15) is 0 Å². The predicted octanol–water partition coefficient (Wildman–Crippen LogP) is 3.47. The minimum absolute atomic E-state index is 0.137. The van der Waals surface area contributed by atoms with Crippen LogP contribution in [-0.4, -0.2) is 59.6 Å². The van der Waals surface area contributed by atoms with Crippen LogP contribution in [0.2, 0.25) is 0 Å². The number of piperidine rings is 2. The van der Waals surface area contributed by atoms with Crippen LogP contribution in [0.15, 0.2) is 35.9 Å². The summed E-state index contributed by atoms with van der Waals surface area (Å²) in [7, 11) is 0. The molecule has 1 aromatic rings. The van der Waals surface area contributed by atoms with Crippen LogP contribution in [0.4, 0.5) is 4.39 Å². The van der Waals surface area contributed by atoms with E-state index in [1.54, 1.807) is 17.0 Å². The standard InChI is InChI=1S/C22H31FN2O2/c1-17(2)6-4-11-24-13-9-20(26)22(15-24)10-5-12-25(16-22)21(27)18-7-3-8-19(23)14-18/h3,6-8,14,20,26H,4-5,9-13,15-16H2,1-2H3/t20-,22-/m1/s1. The van der Waals surface area contributed by atoms with Gasteiger partial charge < -0.3 is 14.9 Å². The molecule has 2 heterocycles. The van der Waals surface area contributed by atoms with Gasteiger partial charge in [0.2, 0.25) is 0 Å². The van der Waals surface area contributed by atoms with E-state index >= 15 is 0 Å². The molecule has 2 aliphatic rings. The van der Waals surface area contributed by atoms with Crippen molar-refractivity contribution in [2.45, 2.75) is 45.6 Å². The molecule has 2 aliphatic heterocycles. The van der Waals surface area contributed by atoms with Crippen LogP contribution in [0, 0.1) is 11.2 Å². The number of carbonyl (C=O) groups excluding carboxylic acids is 1. The quantitative estimate of drug-likeness (QED) is 0.821. The van der Waals surface area contributed by atoms with Crippen molar-refractivity contribution in [1.29, 1.82) is 0 Å². The van der Waals surface area contributed by atoms with Crippen molar-refractivity contribution >= 4 is 5.91 Å². The normalized spacial score (nSPS) is 26.2. The van der Waals surface area contributed by atoms with Crippen LogP contribution in [0.1, 0.15) is 49.9 Å². The highest BCUT2D eigenvalue weighted by Gasteiger charge is 2.46. The first-order valence-corrected chi connectivity index (χ1v) is 9.98. The van der Waals surface area contributed by atoms with Gasteiger partial charge in [0, 0.05) is 43.7 Å². The van der Waals surface area contributed by atoms with Crippen LogP contribution in [-0.2, 0) is 0 Å². The van der Waals surface area contributed by atoms with Crippen LogP contribution in [0.3, 0.4) is 0 Å². The number of carbonyl (C=O) groups is 1. The Hall–Kier alpha value is -1.72. The summed E-state index contributed by atoms with van der Waals surface area (Å²) in [5.74, 6) is -0.529. The number of aliphatic hydroxyl groups excluding tert-OH is 1. The monoisotopic (exact) mass is 374 g/mol. The largest absolute Gasteiger partial charge is 0.392 e. The summed E-state index contributed by atoms with van der Waals surface area (Å²) < 4.78 is 13.5. The molecule has 1 aromatic carbocycles. The number of nitrogens with zero attached hydrogens (tertiary/aromatic N) is 2. The highest BCUT2D eigenvalue weighted by atomic mass is 19.1. The van der Waals surface area contributed by atoms with Gasteiger partial charge in [0.15, 0.2) is 0 Å². The maximum atomic E-state index is 13.5. The second kappa shape index (κ2) is 8.53. The Morgan fingerprint density at radius 3 is 2.89 bits per heavy atom. The topological polar surface area (TPSA) is 43.8 Å². The first kappa shape index (κ1) is 20.0. The smallest absolute Gasteiger partial charge is 0.253 e. The van der Waals surface area contributed by atoms with Gasteiger partial charge in [-0.15, -0.1) is 0 Å². The summed E-state index contributed by atoms with van der Waals surface area (Å²) >= 11 is 0. The van der Waals surface area contributed by atoms with Crippen molar-refractivity contribution in [2.24, 2.45) is 5.41 Å². The summed E-state index contributed by atoms with van der Waals surface area (Å²) in [6.07, 6.45) is 5.43. The third-order valence-corrected chi connectivity index (χ3v) is 5.93. The molecule has 1 amide bonds. The zero-order valence-electron chi connectivity index (χ0n) is 16.5. The number of likely N-dealkylation sites (tertiary alicyclic amines) is 2. The molecule has 148 valence electrons. The second-order valence-electron chi connectivity index (χ2n) is 8.35. The molecule has 1 N–H and O–H groups in total. The van der Waals surface area contributed by atoms with Gasteiger partial charge in [0.05, 0.1) is 6.10 Å². The average Bonchev–Trinajstić information content (AvgIpc) is 2.64. The van der Waals surface area contributed by atoms with Crippen LogP contribution in [0.25, 0.3) is 0 Å². The Balaban J connectivity index is 1.70. The van der Waals surface area contributed by atoms with Gasteiger partial charge in [-0.25, -0.2) is 4.39 Å². The lowest BCUT2D eigenvalue weighted by Crippen LogP contribution is -2.59. The zero-order chi connectivity index (χ0) is 19.4. The lowest BCUT2D eigenvalue weighted by Gasteiger charge is -2.51. The van der Waals surface area contributed by atoms with E-state index in [2.05, 4.69) is 24.8 Å². The molecule has 1 spiro atoms. The lowest BCUT2D eigenvalue weighted by atomic mass is 9.71. The maximum absolute atomic E-state index is 13.5. The summed E-state index contributed by atoms with van der Waals surface area (Å²) in [4.78, 5) is 17.1. The third kappa shape index (κ3) is 4.77. The van der Waals surface area contributed by atoms with E-state index < -0.39 is 5.82 Å². The van der Waals surface area contributed by atoms with Gasteiger partial charge >= 0.3 is 0 Å². The molecule has 5 heteroatoms. The Labute approximate surface area is 161 Å². The van der Waals surface area contributed by atoms with Gasteiger partial charge in [-0.05, 0) is 57.7 Å². The molecule has 2 saturated heterocycles. The minimum atomic E-state index is -0.393. The molecule has 0 aromatic heterocycles. The number of amides is 1. The summed E-state index contributed by atoms with van der Waals surface area (Å²) in [5, 5.41) is 10.8. The molecule has 4 nitrogen and oxygen atoms in total. The molecule has 0 bridgehead atoms. The predicted molar refractivity (Wildman–Crippen MR) is 105 cm³/mol. The van der Waals surface area contributed by atoms with E-state index in [4.69, 9.17) is 0 Å². The Bertz CT molecular complexity index is 701. The molecular weight excluding hydrogens is 343 g/mol. The average molecular weight is 375 g/mol. The zero-order valence-corrected chi connectivity index (χ0v) is 16.5. The van der Waals surface area contributed by atoms with E-state index in [0.717, 1.165) is 45.3 Å². The van der Waals surface area contributed by atoms with Gasteiger partial charge in [0.25, 0.3) is 5.91 Å². The molecule has 27 heavy (non-hydrogen) atoms. The van der Waals surface area contributed by atoms with Gasteiger partial charge in [-0.1, -0.05) is 17.7 Å². The Kier molecular flexibility index (Phi) is 6.33. The lowest BCUT2D eigenvalue weighted by molar-refractivity contribution is -0.0782. The highest BCUT2D eigenvalue weighted by Crippen LogP contribution is 2.39. The van der Waals surface area contributed by atoms with E-state index in [1.165, 1.54) is 17.7 Å². The number of allylic oxidation sites excluding steroid dienone is 1.